The number of methoxy groups -OCH3 is 1. The number of benzene rings is 2. The molecule has 0 unspecified atom stereocenters. The SMILES string of the molecule is COC(=O)c1c(C)c(C)c(C)c(C)c1-c1ccc(Cl)cc1. The minimum Gasteiger partial charge on any atom is -0.465 e. The molecule has 0 aliphatic heterocycles. The molecule has 110 valence electrons. The van der Waals surface area contributed by atoms with Crippen LogP contribution < -0.4 is 0 Å². The summed E-state index contributed by atoms with van der Waals surface area (Å²) in [4.78, 5) is 12.3. The number of rotatable bonds is 2. The van der Waals surface area contributed by atoms with E-state index in [-0.39, 0.29) is 5.97 Å². The summed E-state index contributed by atoms with van der Waals surface area (Å²) in [7, 11) is 1.41. The summed E-state index contributed by atoms with van der Waals surface area (Å²) in [6.07, 6.45) is 0. The van der Waals surface area contributed by atoms with E-state index in [1.165, 1.54) is 12.7 Å². The summed E-state index contributed by atoms with van der Waals surface area (Å²) < 4.78 is 4.99. The van der Waals surface area contributed by atoms with E-state index in [4.69, 9.17) is 16.3 Å². The van der Waals surface area contributed by atoms with Gasteiger partial charge in [0, 0.05) is 5.02 Å². The Morgan fingerprint density at radius 1 is 0.905 bits per heavy atom. The lowest BCUT2D eigenvalue weighted by Crippen LogP contribution is -2.10. The van der Waals surface area contributed by atoms with Gasteiger partial charge < -0.3 is 4.74 Å². The standard InChI is InChI=1S/C18H19ClO2/c1-10-11(2)13(4)17(18(20)21-5)16(12(10)3)14-6-8-15(19)9-7-14/h6-9H,1-5H3. The molecule has 0 amide bonds. The zero-order valence-corrected chi connectivity index (χ0v) is 13.8. The van der Waals surface area contributed by atoms with Gasteiger partial charge in [0.2, 0.25) is 0 Å². The van der Waals surface area contributed by atoms with Crippen molar-refractivity contribution >= 4 is 17.6 Å². The zero-order chi connectivity index (χ0) is 15.7. The monoisotopic (exact) mass is 302 g/mol. The van der Waals surface area contributed by atoms with Crippen LogP contribution >= 0.6 is 11.6 Å². The highest BCUT2D eigenvalue weighted by molar-refractivity contribution is 6.30. The molecule has 0 atom stereocenters. The zero-order valence-electron chi connectivity index (χ0n) is 13.0. The molecule has 2 aromatic carbocycles. The Morgan fingerprint density at radius 3 is 1.95 bits per heavy atom. The quantitative estimate of drug-likeness (QED) is 0.727. The number of hydrogen-bond acceptors (Lipinski definition) is 2. The molecular formula is C18H19ClO2. The molecule has 2 rings (SSSR count). The van der Waals surface area contributed by atoms with Gasteiger partial charge >= 0.3 is 5.97 Å². The Kier molecular flexibility index (Phi) is 4.38. The molecule has 0 heterocycles. The topological polar surface area (TPSA) is 26.3 Å². The molecule has 3 heteroatoms. The molecule has 0 N–H and O–H groups in total. The fraction of sp³-hybridized carbons (Fsp3) is 0.278. The Balaban J connectivity index is 2.85. The van der Waals surface area contributed by atoms with E-state index in [0.717, 1.165) is 27.8 Å². The van der Waals surface area contributed by atoms with E-state index in [9.17, 15) is 4.79 Å². The third-order valence-electron chi connectivity index (χ3n) is 4.21. The van der Waals surface area contributed by atoms with Crippen molar-refractivity contribution in [2.24, 2.45) is 0 Å². The lowest BCUT2D eigenvalue weighted by Gasteiger charge is -2.19. The number of carbonyl (C=O) groups is 1. The summed E-state index contributed by atoms with van der Waals surface area (Å²) in [6.45, 7) is 8.12. The molecule has 0 fully saturated rings. The van der Waals surface area contributed by atoms with Crippen molar-refractivity contribution in [3.05, 3.63) is 57.1 Å². The van der Waals surface area contributed by atoms with Gasteiger partial charge in [-0.25, -0.2) is 4.79 Å². The molecule has 0 saturated carbocycles. The Labute approximate surface area is 130 Å². The molecule has 0 radical (unpaired) electrons. The van der Waals surface area contributed by atoms with Gasteiger partial charge in [-0.1, -0.05) is 23.7 Å². The van der Waals surface area contributed by atoms with Crippen LogP contribution in [0.15, 0.2) is 24.3 Å². The molecular weight excluding hydrogens is 284 g/mol. The predicted molar refractivity (Wildman–Crippen MR) is 87.2 cm³/mol. The summed E-state index contributed by atoms with van der Waals surface area (Å²) in [6, 6.07) is 7.54. The van der Waals surface area contributed by atoms with Crippen molar-refractivity contribution in [1.82, 2.24) is 0 Å². The van der Waals surface area contributed by atoms with E-state index in [1.54, 1.807) is 0 Å². The van der Waals surface area contributed by atoms with Gasteiger partial charge in [0.1, 0.15) is 0 Å². The molecule has 0 saturated heterocycles. The van der Waals surface area contributed by atoms with Gasteiger partial charge in [0.25, 0.3) is 0 Å². The molecule has 21 heavy (non-hydrogen) atoms. The van der Waals surface area contributed by atoms with Crippen LogP contribution in [0.5, 0.6) is 0 Å². The third kappa shape index (κ3) is 2.68. The average molecular weight is 303 g/mol. The maximum absolute atomic E-state index is 12.3. The Bertz CT molecular complexity index is 700. The highest BCUT2D eigenvalue weighted by Gasteiger charge is 2.22. The minimum absolute atomic E-state index is 0.302. The number of halogens is 1. The summed E-state index contributed by atoms with van der Waals surface area (Å²) >= 11 is 5.96. The number of hydrogen-bond donors (Lipinski definition) is 0. The van der Waals surface area contributed by atoms with Crippen LogP contribution in [0.2, 0.25) is 5.02 Å². The van der Waals surface area contributed by atoms with Crippen LogP contribution in [0.3, 0.4) is 0 Å². The first-order valence-corrected chi connectivity index (χ1v) is 7.20. The van der Waals surface area contributed by atoms with Crippen molar-refractivity contribution in [3.63, 3.8) is 0 Å². The second-order valence-corrected chi connectivity index (χ2v) is 5.68. The van der Waals surface area contributed by atoms with E-state index in [1.807, 2.05) is 45.0 Å². The lowest BCUT2D eigenvalue weighted by molar-refractivity contribution is 0.0600. The van der Waals surface area contributed by atoms with Crippen molar-refractivity contribution in [3.8, 4) is 11.1 Å². The highest BCUT2D eigenvalue weighted by Crippen LogP contribution is 2.35. The Hall–Kier alpha value is -1.80. The maximum Gasteiger partial charge on any atom is 0.338 e. The van der Waals surface area contributed by atoms with E-state index in [2.05, 4.69) is 6.92 Å². The maximum atomic E-state index is 12.3. The van der Waals surface area contributed by atoms with E-state index in [0.29, 0.717) is 10.6 Å². The molecule has 0 aliphatic carbocycles. The molecule has 0 bridgehead atoms. The molecule has 0 spiro atoms. The fourth-order valence-corrected chi connectivity index (χ4v) is 2.77. The summed E-state index contributed by atoms with van der Waals surface area (Å²) in [5, 5.41) is 0.677. The largest absolute Gasteiger partial charge is 0.465 e. The van der Waals surface area contributed by atoms with E-state index >= 15 is 0 Å². The van der Waals surface area contributed by atoms with Gasteiger partial charge in [-0.2, -0.15) is 0 Å². The molecule has 2 nitrogen and oxygen atoms in total. The van der Waals surface area contributed by atoms with Crippen molar-refractivity contribution in [2.75, 3.05) is 7.11 Å². The van der Waals surface area contributed by atoms with Gasteiger partial charge in [0.05, 0.1) is 12.7 Å². The predicted octanol–water partition coefficient (Wildman–Crippen LogP) is 5.03. The van der Waals surface area contributed by atoms with Gasteiger partial charge in [-0.15, -0.1) is 0 Å². The van der Waals surface area contributed by atoms with Crippen molar-refractivity contribution < 1.29 is 9.53 Å². The van der Waals surface area contributed by atoms with Gasteiger partial charge in [0.15, 0.2) is 0 Å². The molecule has 0 aromatic heterocycles. The normalized spacial score (nSPS) is 10.6. The van der Waals surface area contributed by atoms with E-state index < -0.39 is 0 Å². The highest BCUT2D eigenvalue weighted by atomic mass is 35.5. The first-order chi connectivity index (χ1) is 9.88. The summed E-state index contributed by atoms with van der Waals surface area (Å²) in [5.74, 6) is -0.302. The van der Waals surface area contributed by atoms with Crippen molar-refractivity contribution in [2.45, 2.75) is 27.7 Å². The molecule has 2 aromatic rings. The number of ether oxygens (including phenoxy) is 1. The van der Waals surface area contributed by atoms with Crippen LogP contribution in [0.4, 0.5) is 0 Å². The second-order valence-electron chi connectivity index (χ2n) is 5.25. The average Bonchev–Trinajstić information content (AvgIpc) is 2.49. The van der Waals surface area contributed by atoms with Gasteiger partial charge in [-0.05, 0) is 73.2 Å². The number of carbonyl (C=O) groups excluding carboxylic acids is 1. The fourth-order valence-electron chi connectivity index (χ4n) is 2.65. The van der Waals surface area contributed by atoms with Crippen LogP contribution in [-0.4, -0.2) is 13.1 Å². The van der Waals surface area contributed by atoms with Gasteiger partial charge in [-0.3, -0.25) is 0 Å². The molecule has 0 aliphatic rings. The van der Waals surface area contributed by atoms with Crippen LogP contribution in [0.1, 0.15) is 32.6 Å². The van der Waals surface area contributed by atoms with Crippen LogP contribution in [-0.2, 0) is 4.74 Å². The number of esters is 1. The first-order valence-electron chi connectivity index (χ1n) is 6.83. The summed E-state index contributed by atoms with van der Waals surface area (Å²) in [5.41, 5.74) is 6.94. The second kappa shape index (κ2) is 5.90. The minimum atomic E-state index is -0.302. The van der Waals surface area contributed by atoms with Crippen molar-refractivity contribution in [1.29, 1.82) is 0 Å². The lowest BCUT2D eigenvalue weighted by atomic mass is 9.85. The Morgan fingerprint density at radius 2 is 1.43 bits per heavy atom. The van der Waals surface area contributed by atoms with Crippen LogP contribution in [0, 0.1) is 27.7 Å². The first kappa shape index (κ1) is 15.6. The smallest absolute Gasteiger partial charge is 0.338 e. The van der Waals surface area contributed by atoms with Crippen LogP contribution in [0.25, 0.3) is 11.1 Å². The third-order valence-corrected chi connectivity index (χ3v) is 4.46.